The Balaban J connectivity index is 2.28. The van der Waals surface area contributed by atoms with Crippen molar-refractivity contribution in [3.8, 4) is 0 Å². The van der Waals surface area contributed by atoms with Gasteiger partial charge in [-0.3, -0.25) is 4.79 Å². The molecular weight excluding hydrogens is 274 g/mol. The van der Waals surface area contributed by atoms with E-state index in [-0.39, 0.29) is 23.8 Å². The van der Waals surface area contributed by atoms with Crippen LogP contribution in [-0.2, 0) is 14.8 Å². The maximum Gasteiger partial charge on any atom is 0.363 e. The van der Waals surface area contributed by atoms with Crippen LogP contribution in [0.2, 0.25) is 0 Å². The molecule has 1 aromatic heterocycles. The first-order chi connectivity index (χ1) is 8.91. The van der Waals surface area contributed by atoms with Gasteiger partial charge in [-0.2, -0.15) is 4.31 Å². The molecule has 1 aliphatic rings. The lowest BCUT2D eigenvalue weighted by molar-refractivity contribution is -0.389. The molecule has 2 rings (SSSR count). The molecule has 0 spiro atoms. The predicted octanol–water partition coefficient (Wildman–Crippen LogP) is 0.343. The second-order valence-corrected chi connectivity index (χ2v) is 6.03. The molecule has 1 saturated heterocycles. The van der Waals surface area contributed by atoms with E-state index in [9.17, 15) is 23.3 Å². The van der Waals surface area contributed by atoms with Gasteiger partial charge in [-0.1, -0.05) is 0 Å². The van der Waals surface area contributed by atoms with Gasteiger partial charge in [0.15, 0.2) is 6.20 Å². The highest BCUT2D eigenvalue weighted by molar-refractivity contribution is 7.89. The summed E-state index contributed by atoms with van der Waals surface area (Å²) in [5.74, 6) is -0.557. The Morgan fingerprint density at radius 1 is 1.37 bits per heavy atom. The highest BCUT2D eigenvalue weighted by atomic mass is 32.2. The molecule has 0 aromatic carbocycles. The predicted molar refractivity (Wildman–Crippen MR) is 63.9 cm³/mol. The molecule has 8 nitrogen and oxygen atoms in total. The number of aromatic nitrogens is 1. The van der Waals surface area contributed by atoms with E-state index in [1.807, 2.05) is 0 Å². The van der Waals surface area contributed by atoms with Crippen molar-refractivity contribution in [2.75, 3.05) is 13.1 Å². The fourth-order valence-electron chi connectivity index (χ4n) is 1.79. The summed E-state index contributed by atoms with van der Waals surface area (Å²) in [6.45, 7) is 0.115. The van der Waals surface area contributed by atoms with Gasteiger partial charge in [-0.05, 0) is 22.4 Å². The molecule has 1 aliphatic heterocycles. The SMILES string of the molecule is O=C1CCCN(S(=O)(=O)c2ccc([N+](=O)[O-])nc2)C1. The van der Waals surface area contributed by atoms with Crippen LogP contribution in [0.1, 0.15) is 12.8 Å². The number of Topliss-reactive ketones (excluding diaryl/α,β-unsaturated/α-hetero) is 1. The Labute approximate surface area is 109 Å². The summed E-state index contributed by atoms with van der Waals surface area (Å²) >= 11 is 0. The van der Waals surface area contributed by atoms with Crippen molar-refractivity contribution in [2.24, 2.45) is 0 Å². The van der Waals surface area contributed by atoms with Gasteiger partial charge in [-0.25, -0.2) is 8.42 Å². The van der Waals surface area contributed by atoms with Crippen molar-refractivity contribution in [1.29, 1.82) is 0 Å². The first-order valence-corrected chi connectivity index (χ1v) is 6.97. The molecule has 0 radical (unpaired) electrons. The van der Waals surface area contributed by atoms with Crippen LogP contribution in [0, 0.1) is 10.1 Å². The molecule has 1 aromatic rings. The number of carbonyl (C=O) groups is 1. The molecule has 0 saturated carbocycles. The van der Waals surface area contributed by atoms with Gasteiger partial charge in [0.1, 0.15) is 10.7 Å². The van der Waals surface area contributed by atoms with Crippen molar-refractivity contribution < 1.29 is 18.1 Å². The van der Waals surface area contributed by atoms with Crippen molar-refractivity contribution in [3.05, 3.63) is 28.4 Å². The zero-order valence-corrected chi connectivity index (χ0v) is 10.7. The van der Waals surface area contributed by atoms with Crippen molar-refractivity contribution in [2.45, 2.75) is 17.7 Å². The lowest BCUT2D eigenvalue weighted by Gasteiger charge is -2.24. The summed E-state index contributed by atoms with van der Waals surface area (Å²) in [5.41, 5.74) is 0. The molecule has 1 fully saturated rings. The van der Waals surface area contributed by atoms with Gasteiger partial charge < -0.3 is 10.1 Å². The van der Waals surface area contributed by atoms with Crippen LogP contribution in [0.3, 0.4) is 0 Å². The summed E-state index contributed by atoms with van der Waals surface area (Å²) in [6, 6.07) is 2.15. The lowest BCUT2D eigenvalue weighted by Crippen LogP contribution is -2.40. The number of rotatable bonds is 3. The van der Waals surface area contributed by atoms with Crippen LogP contribution in [0.4, 0.5) is 5.82 Å². The van der Waals surface area contributed by atoms with E-state index in [0.717, 1.165) is 22.6 Å². The van der Waals surface area contributed by atoms with E-state index < -0.39 is 20.8 Å². The van der Waals surface area contributed by atoms with E-state index in [4.69, 9.17) is 0 Å². The monoisotopic (exact) mass is 285 g/mol. The number of nitrogens with zero attached hydrogens (tertiary/aromatic N) is 3. The third kappa shape index (κ3) is 2.76. The van der Waals surface area contributed by atoms with Crippen LogP contribution in [0.15, 0.2) is 23.2 Å². The molecule has 0 amide bonds. The maximum absolute atomic E-state index is 12.2. The summed E-state index contributed by atoms with van der Waals surface area (Å²) < 4.78 is 25.4. The second kappa shape index (κ2) is 5.02. The smallest absolute Gasteiger partial charge is 0.358 e. The van der Waals surface area contributed by atoms with Gasteiger partial charge in [0.2, 0.25) is 10.0 Å². The first-order valence-electron chi connectivity index (χ1n) is 5.53. The number of pyridine rings is 1. The molecule has 0 atom stereocenters. The first kappa shape index (κ1) is 13.6. The molecule has 102 valence electrons. The number of carbonyl (C=O) groups excluding carboxylic acids is 1. The lowest BCUT2D eigenvalue weighted by atomic mass is 10.1. The third-order valence-corrected chi connectivity index (χ3v) is 4.59. The summed E-state index contributed by atoms with van der Waals surface area (Å²) in [5, 5.41) is 10.4. The van der Waals surface area contributed by atoms with Crippen LogP contribution < -0.4 is 0 Å². The highest BCUT2D eigenvalue weighted by Crippen LogP contribution is 2.20. The van der Waals surface area contributed by atoms with Gasteiger partial charge >= 0.3 is 5.82 Å². The Morgan fingerprint density at radius 3 is 2.63 bits per heavy atom. The molecular formula is C10H11N3O5S. The fourth-order valence-corrected chi connectivity index (χ4v) is 3.20. The zero-order chi connectivity index (χ0) is 14.0. The summed E-state index contributed by atoms with van der Waals surface area (Å²) in [7, 11) is -3.81. The number of nitro groups is 1. The van der Waals surface area contributed by atoms with E-state index in [2.05, 4.69) is 4.98 Å². The number of ketones is 1. The molecule has 0 N–H and O–H groups in total. The molecule has 19 heavy (non-hydrogen) atoms. The highest BCUT2D eigenvalue weighted by Gasteiger charge is 2.30. The Bertz CT molecular complexity index is 611. The van der Waals surface area contributed by atoms with Gasteiger partial charge in [0, 0.05) is 19.0 Å². The van der Waals surface area contributed by atoms with Crippen molar-refractivity contribution in [3.63, 3.8) is 0 Å². The standard InChI is InChI=1S/C10H11N3O5S/c14-8-2-1-5-12(7-8)19(17,18)9-3-4-10(11-6-9)13(15)16/h3-4,6H,1-2,5,7H2. The Hall–Kier alpha value is -1.87. The van der Waals surface area contributed by atoms with E-state index in [1.165, 1.54) is 0 Å². The van der Waals surface area contributed by atoms with Crippen molar-refractivity contribution >= 4 is 21.6 Å². The van der Waals surface area contributed by atoms with Crippen LogP contribution in [0.25, 0.3) is 0 Å². The minimum absolute atomic E-state index is 0.135. The van der Waals surface area contributed by atoms with Crippen LogP contribution >= 0.6 is 0 Å². The topological polar surface area (TPSA) is 110 Å². The minimum atomic E-state index is -3.81. The van der Waals surface area contributed by atoms with E-state index >= 15 is 0 Å². The summed E-state index contributed by atoms with van der Waals surface area (Å²) in [6.07, 6.45) is 1.80. The molecule has 0 bridgehead atoms. The van der Waals surface area contributed by atoms with Gasteiger partial charge in [0.05, 0.1) is 6.54 Å². The fraction of sp³-hybridized carbons (Fsp3) is 0.400. The maximum atomic E-state index is 12.2. The van der Waals surface area contributed by atoms with Crippen molar-refractivity contribution in [1.82, 2.24) is 9.29 Å². The average Bonchev–Trinajstić information content (AvgIpc) is 2.39. The Kier molecular flexibility index (Phi) is 3.58. The minimum Gasteiger partial charge on any atom is -0.358 e. The second-order valence-electron chi connectivity index (χ2n) is 4.09. The van der Waals surface area contributed by atoms with E-state index in [1.54, 1.807) is 0 Å². The van der Waals surface area contributed by atoms with Gasteiger partial charge in [-0.15, -0.1) is 0 Å². The normalized spacial score (nSPS) is 17.4. The number of sulfonamides is 1. The average molecular weight is 285 g/mol. The number of piperidine rings is 1. The Morgan fingerprint density at radius 2 is 2.11 bits per heavy atom. The van der Waals surface area contributed by atoms with Crippen LogP contribution in [-0.4, -0.2) is 41.5 Å². The van der Waals surface area contributed by atoms with Crippen LogP contribution in [0.5, 0.6) is 0 Å². The molecule has 2 heterocycles. The van der Waals surface area contributed by atoms with E-state index in [0.29, 0.717) is 12.8 Å². The number of hydrogen-bond donors (Lipinski definition) is 0. The zero-order valence-electron chi connectivity index (χ0n) is 9.85. The van der Waals surface area contributed by atoms with Gasteiger partial charge in [0.25, 0.3) is 0 Å². The molecule has 9 heteroatoms. The summed E-state index contributed by atoms with van der Waals surface area (Å²) in [4.78, 5) is 24.3. The molecule has 0 aliphatic carbocycles. The molecule has 0 unspecified atom stereocenters. The quantitative estimate of drug-likeness (QED) is 0.585. The number of hydrogen-bond acceptors (Lipinski definition) is 6. The largest absolute Gasteiger partial charge is 0.363 e. The third-order valence-electron chi connectivity index (χ3n) is 2.76.